The van der Waals surface area contributed by atoms with Gasteiger partial charge in [0.15, 0.2) is 0 Å². The molecule has 0 unspecified atom stereocenters. The fraction of sp³-hybridized carbons (Fsp3) is 0.636. The lowest BCUT2D eigenvalue weighted by Gasteiger charge is -2.25. The minimum absolute atomic E-state index is 0.858. The van der Waals surface area contributed by atoms with Gasteiger partial charge in [-0.25, -0.2) is 9.97 Å². The van der Waals surface area contributed by atoms with Crippen molar-refractivity contribution in [3.63, 3.8) is 0 Å². The van der Waals surface area contributed by atoms with Crippen LogP contribution in [0, 0.1) is 5.92 Å². The molecule has 1 saturated carbocycles. The van der Waals surface area contributed by atoms with Gasteiger partial charge in [0.05, 0.1) is 0 Å². The van der Waals surface area contributed by atoms with E-state index < -0.39 is 0 Å². The van der Waals surface area contributed by atoms with Crippen molar-refractivity contribution in [3.8, 4) is 0 Å². The summed E-state index contributed by atoms with van der Waals surface area (Å²) in [5, 5.41) is 6.33. The van der Waals surface area contributed by atoms with Gasteiger partial charge in [-0.05, 0) is 12.3 Å². The number of anilines is 2. The minimum atomic E-state index is 0.858. The molecule has 0 aliphatic heterocycles. The molecule has 1 aliphatic rings. The predicted octanol–water partition coefficient (Wildman–Crippen LogP) is 2.12. The number of hydrogen-bond donors (Lipinski definition) is 2. The molecule has 2 rings (SSSR count). The molecule has 0 amide bonds. The van der Waals surface area contributed by atoms with Gasteiger partial charge in [0, 0.05) is 19.7 Å². The van der Waals surface area contributed by atoms with Crippen molar-refractivity contribution >= 4 is 11.6 Å². The Balaban J connectivity index is 1.76. The highest BCUT2D eigenvalue weighted by Gasteiger charge is 2.16. The topological polar surface area (TPSA) is 49.8 Å². The maximum Gasteiger partial charge on any atom is 0.131 e. The molecule has 15 heavy (non-hydrogen) atoms. The van der Waals surface area contributed by atoms with Crippen LogP contribution in [0.15, 0.2) is 12.4 Å². The molecule has 1 heterocycles. The Hall–Kier alpha value is -1.32. The third kappa shape index (κ3) is 2.81. The lowest BCUT2D eigenvalue weighted by Crippen LogP contribution is -2.16. The van der Waals surface area contributed by atoms with Crippen LogP contribution in [0.1, 0.15) is 25.7 Å². The third-order valence-electron chi connectivity index (χ3n) is 3.01. The molecule has 1 fully saturated rings. The average Bonchev–Trinajstić information content (AvgIpc) is 2.22. The van der Waals surface area contributed by atoms with E-state index in [2.05, 4.69) is 20.6 Å². The maximum atomic E-state index is 4.17. The van der Waals surface area contributed by atoms with E-state index in [1.807, 2.05) is 13.1 Å². The largest absolute Gasteiger partial charge is 0.373 e. The summed E-state index contributed by atoms with van der Waals surface area (Å²) in [5.74, 6) is 2.72. The Labute approximate surface area is 90.5 Å². The second-order valence-corrected chi connectivity index (χ2v) is 4.05. The van der Waals surface area contributed by atoms with Crippen LogP contribution in [0.4, 0.5) is 11.6 Å². The SMILES string of the molecule is CNc1cc(NCCC2CCC2)ncn1. The average molecular weight is 206 g/mol. The summed E-state index contributed by atoms with van der Waals surface area (Å²) < 4.78 is 0. The first-order valence-electron chi connectivity index (χ1n) is 5.62. The number of rotatable bonds is 5. The van der Waals surface area contributed by atoms with Crippen molar-refractivity contribution in [2.45, 2.75) is 25.7 Å². The molecule has 0 atom stereocenters. The maximum absolute atomic E-state index is 4.17. The van der Waals surface area contributed by atoms with Gasteiger partial charge in [0.2, 0.25) is 0 Å². The molecule has 4 nitrogen and oxygen atoms in total. The Morgan fingerprint density at radius 3 is 2.80 bits per heavy atom. The highest BCUT2D eigenvalue weighted by atomic mass is 15.0. The van der Waals surface area contributed by atoms with Gasteiger partial charge >= 0.3 is 0 Å². The second kappa shape index (κ2) is 4.96. The van der Waals surface area contributed by atoms with Crippen LogP contribution in [0.3, 0.4) is 0 Å². The summed E-state index contributed by atoms with van der Waals surface area (Å²) in [7, 11) is 1.86. The Morgan fingerprint density at radius 2 is 2.13 bits per heavy atom. The zero-order valence-electron chi connectivity index (χ0n) is 9.16. The lowest BCUT2D eigenvalue weighted by atomic mass is 9.83. The number of hydrogen-bond acceptors (Lipinski definition) is 4. The molecule has 4 heteroatoms. The predicted molar refractivity (Wildman–Crippen MR) is 62.0 cm³/mol. The van der Waals surface area contributed by atoms with E-state index in [9.17, 15) is 0 Å². The van der Waals surface area contributed by atoms with E-state index in [-0.39, 0.29) is 0 Å². The summed E-state index contributed by atoms with van der Waals surface area (Å²) in [6.07, 6.45) is 7.08. The fourth-order valence-corrected chi connectivity index (χ4v) is 1.78. The molecular weight excluding hydrogens is 188 g/mol. The van der Waals surface area contributed by atoms with Gasteiger partial charge in [0.25, 0.3) is 0 Å². The Kier molecular flexibility index (Phi) is 3.37. The summed E-state index contributed by atoms with van der Waals surface area (Å²) in [5.41, 5.74) is 0. The number of aromatic nitrogens is 2. The van der Waals surface area contributed by atoms with Crippen molar-refractivity contribution in [1.29, 1.82) is 0 Å². The molecule has 0 spiro atoms. The van der Waals surface area contributed by atoms with Crippen LogP contribution in [-0.2, 0) is 0 Å². The monoisotopic (exact) mass is 206 g/mol. The summed E-state index contributed by atoms with van der Waals surface area (Å²) in [4.78, 5) is 8.23. The van der Waals surface area contributed by atoms with Gasteiger partial charge in [-0.15, -0.1) is 0 Å². The molecule has 1 aliphatic carbocycles. The Morgan fingerprint density at radius 1 is 1.33 bits per heavy atom. The van der Waals surface area contributed by atoms with Crippen LogP contribution in [-0.4, -0.2) is 23.6 Å². The van der Waals surface area contributed by atoms with Crippen LogP contribution >= 0.6 is 0 Å². The first-order chi connectivity index (χ1) is 7.38. The van der Waals surface area contributed by atoms with Crippen molar-refractivity contribution in [2.24, 2.45) is 5.92 Å². The molecule has 0 saturated heterocycles. The van der Waals surface area contributed by atoms with Crippen LogP contribution < -0.4 is 10.6 Å². The second-order valence-electron chi connectivity index (χ2n) is 4.05. The van der Waals surface area contributed by atoms with Crippen molar-refractivity contribution in [2.75, 3.05) is 24.2 Å². The summed E-state index contributed by atoms with van der Waals surface area (Å²) in [6.45, 7) is 1.02. The van der Waals surface area contributed by atoms with Crippen molar-refractivity contribution in [1.82, 2.24) is 9.97 Å². The zero-order chi connectivity index (χ0) is 10.5. The molecule has 0 bridgehead atoms. The molecule has 0 radical (unpaired) electrons. The van der Waals surface area contributed by atoms with Crippen LogP contribution in [0.2, 0.25) is 0 Å². The van der Waals surface area contributed by atoms with E-state index in [4.69, 9.17) is 0 Å². The highest BCUT2D eigenvalue weighted by Crippen LogP contribution is 2.29. The van der Waals surface area contributed by atoms with Crippen molar-refractivity contribution < 1.29 is 0 Å². The molecule has 2 N–H and O–H groups in total. The zero-order valence-corrected chi connectivity index (χ0v) is 9.16. The van der Waals surface area contributed by atoms with Crippen molar-refractivity contribution in [3.05, 3.63) is 12.4 Å². The van der Waals surface area contributed by atoms with Crippen LogP contribution in [0.25, 0.3) is 0 Å². The van der Waals surface area contributed by atoms with Gasteiger partial charge in [0.1, 0.15) is 18.0 Å². The summed E-state index contributed by atoms with van der Waals surface area (Å²) >= 11 is 0. The van der Waals surface area contributed by atoms with Crippen LogP contribution in [0.5, 0.6) is 0 Å². The van der Waals surface area contributed by atoms with E-state index in [0.29, 0.717) is 0 Å². The minimum Gasteiger partial charge on any atom is -0.373 e. The van der Waals surface area contributed by atoms with Gasteiger partial charge in [-0.3, -0.25) is 0 Å². The number of nitrogens with zero attached hydrogens (tertiary/aromatic N) is 2. The summed E-state index contributed by atoms with van der Waals surface area (Å²) in [6, 6.07) is 1.93. The smallest absolute Gasteiger partial charge is 0.131 e. The quantitative estimate of drug-likeness (QED) is 0.774. The Bertz CT molecular complexity index is 309. The van der Waals surface area contributed by atoms with E-state index in [0.717, 1.165) is 24.1 Å². The molecular formula is C11H18N4. The van der Waals surface area contributed by atoms with E-state index in [1.165, 1.54) is 25.7 Å². The first-order valence-corrected chi connectivity index (χ1v) is 5.62. The highest BCUT2D eigenvalue weighted by molar-refractivity contribution is 5.45. The third-order valence-corrected chi connectivity index (χ3v) is 3.01. The lowest BCUT2D eigenvalue weighted by molar-refractivity contribution is 0.303. The molecule has 82 valence electrons. The molecule has 1 aromatic rings. The van der Waals surface area contributed by atoms with Gasteiger partial charge in [-0.2, -0.15) is 0 Å². The molecule has 1 aromatic heterocycles. The fourth-order valence-electron chi connectivity index (χ4n) is 1.78. The molecule has 0 aromatic carbocycles. The van der Waals surface area contributed by atoms with E-state index in [1.54, 1.807) is 6.33 Å². The van der Waals surface area contributed by atoms with Gasteiger partial charge < -0.3 is 10.6 Å². The first kappa shape index (κ1) is 10.2. The van der Waals surface area contributed by atoms with Gasteiger partial charge in [-0.1, -0.05) is 19.3 Å². The van der Waals surface area contributed by atoms with E-state index >= 15 is 0 Å². The number of nitrogens with one attached hydrogen (secondary N) is 2. The normalized spacial score (nSPS) is 15.8. The standard InChI is InChI=1S/C11H18N4/c1-12-10-7-11(15-8-14-10)13-6-5-9-3-2-4-9/h7-9H,2-6H2,1H3,(H2,12,13,14,15).